The Balaban J connectivity index is 2.50. The highest BCUT2D eigenvalue weighted by Crippen LogP contribution is 2.20. The van der Waals surface area contributed by atoms with E-state index in [0.717, 1.165) is 25.8 Å². The molecular formula is C10H20N2O2. The van der Waals surface area contributed by atoms with Crippen LogP contribution in [0, 0.1) is 5.92 Å². The fourth-order valence-corrected chi connectivity index (χ4v) is 1.97. The second-order valence-corrected chi connectivity index (χ2v) is 3.99. The van der Waals surface area contributed by atoms with Crippen LogP contribution >= 0.6 is 0 Å². The van der Waals surface area contributed by atoms with Gasteiger partial charge in [0, 0.05) is 12.5 Å². The number of likely N-dealkylation sites (tertiary alicyclic amines) is 1. The van der Waals surface area contributed by atoms with Crippen LogP contribution in [0.3, 0.4) is 0 Å². The topological polar surface area (TPSA) is 66.6 Å². The molecule has 0 radical (unpaired) electrons. The summed E-state index contributed by atoms with van der Waals surface area (Å²) < 4.78 is 0. The lowest BCUT2D eigenvalue weighted by atomic mass is 10.1. The zero-order valence-corrected chi connectivity index (χ0v) is 8.78. The molecule has 4 heteroatoms. The minimum absolute atomic E-state index is 0.00727. The van der Waals surface area contributed by atoms with Gasteiger partial charge in [-0.1, -0.05) is 6.92 Å². The zero-order valence-electron chi connectivity index (χ0n) is 8.78. The van der Waals surface area contributed by atoms with Gasteiger partial charge in [-0.05, 0) is 25.8 Å². The lowest BCUT2D eigenvalue weighted by Gasteiger charge is -2.26. The average Bonchev–Trinajstić information content (AvgIpc) is 2.64. The molecule has 0 saturated carbocycles. The third kappa shape index (κ3) is 2.45. The zero-order chi connectivity index (χ0) is 10.6. The molecule has 1 fully saturated rings. The second kappa shape index (κ2) is 5.32. The van der Waals surface area contributed by atoms with Crippen molar-refractivity contribution in [3.8, 4) is 0 Å². The average molecular weight is 200 g/mol. The Kier molecular flexibility index (Phi) is 4.35. The number of hydrogen-bond acceptors (Lipinski definition) is 3. The number of aliphatic hydroxyl groups is 1. The van der Waals surface area contributed by atoms with E-state index in [1.54, 1.807) is 4.90 Å². The molecule has 14 heavy (non-hydrogen) atoms. The summed E-state index contributed by atoms with van der Waals surface area (Å²) >= 11 is 0. The molecule has 1 amide bonds. The van der Waals surface area contributed by atoms with Crippen molar-refractivity contribution in [1.82, 2.24) is 4.90 Å². The molecule has 1 saturated heterocycles. The highest BCUT2D eigenvalue weighted by Gasteiger charge is 2.30. The molecule has 0 bridgehead atoms. The van der Waals surface area contributed by atoms with Crippen molar-refractivity contribution in [2.75, 3.05) is 19.7 Å². The molecule has 1 rings (SSSR count). The molecule has 1 aliphatic heterocycles. The Morgan fingerprint density at radius 2 is 2.43 bits per heavy atom. The molecular weight excluding hydrogens is 180 g/mol. The van der Waals surface area contributed by atoms with Gasteiger partial charge in [0.25, 0.3) is 0 Å². The predicted molar refractivity (Wildman–Crippen MR) is 54.7 cm³/mol. The Morgan fingerprint density at radius 3 is 3.00 bits per heavy atom. The van der Waals surface area contributed by atoms with Crippen molar-refractivity contribution < 1.29 is 9.90 Å². The van der Waals surface area contributed by atoms with Gasteiger partial charge in [-0.15, -0.1) is 0 Å². The fourth-order valence-electron chi connectivity index (χ4n) is 1.97. The highest BCUT2D eigenvalue weighted by atomic mass is 16.3. The Morgan fingerprint density at radius 1 is 1.71 bits per heavy atom. The van der Waals surface area contributed by atoms with Gasteiger partial charge in [0.15, 0.2) is 0 Å². The summed E-state index contributed by atoms with van der Waals surface area (Å²) in [5.41, 5.74) is 5.41. The van der Waals surface area contributed by atoms with Gasteiger partial charge in [0.05, 0.1) is 12.6 Å². The molecule has 4 nitrogen and oxygen atoms in total. The first-order valence-electron chi connectivity index (χ1n) is 5.32. The molecule has 1 aliphatic rings. The van der Waals surface area contributed by atoms with Gasteiger partial charge in [0.2, 0.25) is 5.91 Å². The SMILES string of the molecule is CC(CCN)C(=O)N1CCC[C@@H]1CO. The summed E-state index contributed by atoms with van der Waals surface area (Å²) in [6.45, 7) is 3.33. The maximum absolute atomic E-state index is 11.9. The summed E-state index contributed by atoms with van der Waals surface area (Å²) in [6.07, 6.45) is 2.66. The molecule has 0 aliphatic carbocycles. The highest BCUT2D eigenvalue weighted by molar-refractivity contribution is 5.79. The Labute approximate surface area is 85.1 Å². The van der Waals surface area contributed by atoms with E-state index in [0.29, 0.717) is 6.54 Å². The van der Waals surface area contributed by atoms with Gasteiger partial charge in [-0.3, -0.25) is 4.79 Å². The molecule has 0 aromatic heterocycles. The first-order chi connectivity index (χ1) is 6.70. The second-order valence-electron chi connectivity index (χ2n) is 3.99. The van der Waals surface area contributed by atoms with E-state index in [9.17, 15) is 4.79 Å². The number of hydrogen-bond donors (Lipinski definition) is 2. The van der Waals surface area contributed by atoms with E-state index >= 15 is 0 Å². The van der Waals surface area contributed by atoms with Crippen molar-refractivity contribution in [3.63, 3.8) is 0 Å². The number of aliphatic hydroxyl groups excluding tert-OH is 1. The van der Waals surface area contributed by atoms with E-state index in [2.05, 4.69) is 0 Å². The van der Waals surface area contributed by atoms with Crippen LogP contribution < -0.4 is 5.73 Å². The van der Waals surface area contributed by atoms with Crippen molar-refractivity contribution in [2.45, 2.75) is 32.2 Å². The summed E-state index contributed by atoms with van der Waals surface area (Å²) in [5.74, 6) is 0.138. The Hall–Kier alpha value is -0.610. The summed E-state index contributed by atoms with van der Waals surface area (Å²) in [6, 6.07) is 0.0442. The predicted octanol–water partition coefficient (Wildman–Crippen LogP) is -0.0454. The summed E-state index contributed by atoms with van der Waals surface area (Å²) in [4.78, 5) is 13.7. The van der Waals surface area contributed by atoms with Gasteiger partial charge in [-0.25, -0.2) is 0 Å². The monoisotopic (exact) mass is 200 g/mol. The molecule has 0 spiro atoms. The largest absolute Gasteiger partial charge is 0.394 e. The number of nitrogens with two attached hydrogens (primary N) is 1. The standard InChI is InChI=1S/C10H20N2O2/c1-8(4-5-11)10(14)12-6-2-3-9(12)7-13/h8-9,13H,2-7,11H2,1H3/t8?,9-/m1/s1. The normalized spacial score (nSPS) is 23.9. The lowest BCUT2D eigenvalue weighted by Crippen LogP contribution is -2.41. The molecule has 0 aromatic carbocycles. The fraction of sp³-hybridized carbons (Fsp3) is 0.900. The first kappa shape index (κ1) is 11.5. The number of nitrogens with zero attached hydrogens (tertiary/aromatic N) is 1. The van der Waals surface area contributed by atoms with E-state index in [-0.39, 0.29) is 24.5 Å². The van der Waals surface area contributed by atoms with Gasteiger partial charge < -0.3 is 15.7 Å². The molecule has 0 aromatic rings. The van der Waals surface area contributed by atoms with Crippen molar-refractivity contribution in [1.29, 1.82) is 0 Å². The molecule has 2 atom stereocenters. The van der Waals surface area contributed by atoms with Crippen molar-refractivity contribution in [2.24, 2.45) is 11.7 Å². The van der Waals surface area contributed by atoms with Gasteiger partial charge in [0.1, 0.15) is 0 Å². The number of carbonyl (C=O) groups is 1. The summed E-state index contributed by atoms with van der Waals surface area (Å²) in [7, 11) is 0. The van der Waals surface area contributed by atoms with E-state index < -0.39 is 0 Å². The molecule has 82 valence electrons. The minimum Gasteiger partial charge on any atom is -0.394 e. The Bertz CT molecular complexity index is 197. The summed E-state index contributed by atoms with van der Waals surface area (Å²) in [5, 5.41) is 9.08. The first-order valence-corrected chi connectivity index (χ1v) is 5.32. The van der Waals surface area contributed by atoms with Crippen LogP contribution in [-0.2, 0) is 4.79 Å². The van der Waals surface area contributed by atoms with Crippen molar-refractivity contribution >= 4 is 5.91 Å². The van der Waals surface area contributed by atoms with Crippen LogP contribution in [0.5, 0.6) is 0 Å². The molecule has 3 N–H and O–H groups in total. The van der Waals surface area contributed by atoms with Crippen LogP contribution in [0.2, 0.25) is 0 Å². The quantitative estimate of drug-likeness (QED) is 0.669. The van der Waals surface area contributed by atoms with Crippen LogP contribution in [0.1, 0.15) is 26.2 Å². The van der Waals surface area contributed by atoms with E-state index in [1.807, 2.05) is 6.92 Å². The number of rotatable bonds is 4. The van der Waals surface area contributed by atoms with E-state index in [4.69, 9.17) is 10.8 Å². The van der Waals surface area contributed by atoms with Crippen molar-refractivity contribution in [3.05, 3.63) is 0 Å². The minimum atomic E-state index is -0.00727. The maximum Gasteiger partial charge on any atom is 0.225 e. The van der Waals surface area contributed by atoms with E-state index in [1.165, 1.54) is 0 Å². The third-order valence-electron chi connectivity index (χ3n) is 2.89. The molecule has 1 unspecified atom stereocenters. The molecule has 1 heterocycles. The number of amides is 1. The van der Waals surface area contributed by atoms with Crippen LogP contribution in [0.25, 0.3) is 0 Å². The van der Waals surface area contributed by atoms with Crippen LogP contribution in [0.15, 0.2) is 0 Å². The maximum atomic E-state index is 11.9. The third-order valence-corrected chi connectivity index (χ3v) is 2.89. The van der Waals surface area contributed by atoms with Gasteiger partial charge in [-0.2, -0.15) is 0 Å². The van der Waals surface area contributed by atoms with Gasteiger partial charge >= 0.3 is 0 Å². The lowest BCUT2D eigenvalue weighted by molar-refractivity contribution is -0.136. The number of carbonyl (C=O) groups excluding carboxylic acids is 1. The van der Waals surface area contributed by atoms with Crippen LogP contribution in [-0.4, -0.2) is 41.7 Å². The van der Waals surface area contributed by atoms with Crippen LogP contribution in [0.4, 0.5) is 0 Å². The smallest absolute Gasteiger partial charge is 0.225 e.